The highest BCUT2D eigenvalue weighted by Crippen LogP contribution is 2.23. The Hall–Kier alpha value is -4.26. The molecule has 3 aromatic carbocycles. The first kappa shape index (κ1) is 27.8. The fourth-order valence-electron chi connectivity index (χ4n) is 4.80. The van der Waals surface area contributed by atoms with E-state index in [4.69, 9.17) is 0 Å². The van der Waals surface area contributed by atoms with E-state index in [1.54, 1.807) is 29.2 Å². The highest BCUT2D eigenvalue weighted by molar-refractivity contribution is 6.21. The summed E-state index contributed by atoms with van der Waals surface area (Å²) in [6, 6.07) is 23.5. The number of hydrogen-bond donors (Lipinski definition) is 1. The van der Waals surface area contributed by atoms with Crippen molar-refractivity contribution >= 4 is 23.6 Å². The highest BCUT2D eigenvalue weighted by atomic mass is 16.2. The van der Waals surface area contributed by atoms with Crippen molar-refractivity contribution in [2.75, 3.05) is 6.54 Å². The van der Waals surface area contributed by atoms with Crippen LogP contribution in [0.2, 0.25) is 0 Å². The zero-order valence-corrected chi connectivity index (χ0v) is 22.7. The van der Waals surface area contributed by atoms with E-state index < -0.39 is 6.04 Å². The normalized spacial score (nSPS) is 13.4. The third kappa shape index (κ3) is 6.79. The van der Waals surface area contributed by atoms with Gasteiger partial charge in [-0.3, -0.25) is 24.1 Å². The van der Waals surface area contributed by atoms with Crippen molar-refractivity contribution in [3.63, 3.8) is 0 Å². The number of rotatable bonds is 11. The molecule has 0 saturated heterocycles. The summed E-state index contributed by atoms with van der Waals surface area (Å²) >= 11 is 0. The van der Waals surface area contributed by atoms with Gasteiger partial charge in [0, 0.05) is 32.0 Å². The smallest absolute Gasteiger partial charge is 0.261 e. The molecule has 0 radical (unpaired) electrons. The van der Waals surface area contributed by atoms with Gasteiger partial charge in [0.15, 0.2) is 0 Å². The van der Waals surface area contributed by atoms with Gasteiger partial charge >= 0.3 is 0 Å². The average Bonchev–Trinajstić information content (AvgIpc) is 3.16. The molecule has 39 heavy (non-hydrogen) atoms. The summed E-state index contributed by atoms with van der Waals surface area (Å²) in [5.74, 6) is -1.09. The second-order valence-electron chi connectivity index (χ2n) is 10.3. The third-order valence-corrected chi connectivity index (χ3v) is 6.83. The van der Waals surface area contributed by atoms with Crippen LogP contribution in [0.1, 0.15) is 64.1 Å². The van der Waals surface area contributed by atoms with Crippen molar-refractivity contribution < 1.29 is 19.2 Å². The van der Waals surface area contributed by atoms with Crippen molar-refractivity contribution in [1.82, 2.24) is 15.1 Å². The Labute approximate surface area is 229 Å². The fourth-order valence-corrected chi connectivity index (χ4v) is 4.80. The standard InChI is InChI=1S/C32H35N3O4/c1-22(2)33-30(37)28(20-24-10-5-4-6-11-24)35(21-25-17-15-23(3)16-18-25)29(36)14-9-19-34-31(38)26-12-7-8-13-27(26)32(34)39/h4-8,10-13,15-18,22,28H,9,14,19-21H2,1-3H3,(H,33,37)/t28-/m1/s1. The lowest BCUT2D eigenvalue weighted by Crippen LogP contribution is -2.51. The van der Waals surface area contributed by atoms with Gasteiger partial charge in [-0.1, -0.05) is 72.3 Å². The summed E-state index contributed by atoms with van der Waals surface area (Å²) in [6.45, 7) is 6.20. The molecule has 1 heterocycles. The van der Waals surface area contributed by atoms with Gasteiger partial charge in [-0.15, -0.1) is 0 Å². The molecule has 0 aliphatic carbocycles. The summed E-state index contributed by atoms with van der Waals surface area (Å²) in [6.07, 6.45) is 0.771. The second-order valence-corrected chi connectivity index (χ2v) is 10.3. The maximum Gasteiger partial charge on any atom is 0.261 e. The molecule has 0 fully saturated rings. The first-order valence-electron chi connectivity index (χ1n) is 13.4. The number of amides is 4. The largest absolute Gasteiger partial charge is 0.352 e. The topological polar surface area (TPSA) is 86.8 Å². The number of imide groups is 1. The minimum absolute atomic E-state index is 0.0825. The van der Waals surface area contributed by atoms with Crippen LogP contribution in [0.3, 0.4) is 0 Å². The zero-order valence-electron chi connectivity index (χ0n) is 22.7. The summed E-state index contributed by atoms with van der Waals surface area (Å²) in [7, 11) is 0. The molecule has 4 rings (SSSR count). The van der Waals surface area contributed by atoms with Gasteiger partial charge in [-0.05, 0) is 50.5 Å². The van der Waals surface area contributed by atoms with Crippen LogP contribution < -0.4 is 5.32 Å². The van der Waals surface area contributed by atoms with Crippen LogP contribution in [-0.2, 0) is 22.6 Å². The van der Waals surface area contributed by atoms with Crippen LogP contribution in [0, 0.1) is 6.92 Å². The monoisotopic (exact) mass is 525 g/mol. The Balaban J connectivity index is 1.54. The molecule has 1 N–H and O–H groups in total. The highest BCUT2D eigenvalue weighted by Gasteiger charge is 2.35. The Bertz CT molecular complexity index is 1300. The van der Waals surface area contributed by atoms with Gasteiger partial charge in [0.05, 0.1) is 11.1 Å². The predicted molar refractivity (Wildman–Crippen MR) is 150 cm³/mol. The molecule has 0 aromatic heterocycles. The van der Waals surface area contributed by atoms with E-state index in [9.17, 15) is 19.2 Å². The number of nitrogens with one attached hydrogen (secondary N) is 1. The Morgan fingerprint density at radius 1 is 0.821 bits per heavy atom. The number of fused-ring (bicyclic) bond motifs is 1. The van der Waals surface area contributed by atoms with Gasteiger partial charge < -0.3 is 10.2 Å². The van der Waals surface area contributed by atoms with E-state index >= 15 is 0 Å². The summed E-state index contributed by atoms with van der Waals surface area (Å²) in [5.41, 5.74) is 3.76. The SMILES string of the molecule is Cc1ccc(CN(C(=O)CCCN2C(=O)c3ccccc3C2=O)[C@H](Cc2ccccc2)C(=O)NC(C)C)cc1. The van der Waals surface area contributed by atoms with Crippen LogP contribution in [0.4, 0.5) is 0 Å². The van der Waals surface area contributed by atoms with Crippen molar-refractivity contribution in [2.45, 2.75) is 58.7 Å². The van der Waals surface area contributed by atoms with E-state index in [1.807, 2.05) is 75.4 Å². The van der Waals surface area contributed by atoms with Crippen LogP contribution in [-0.4, -0.2) is 52.1 Å². The molecule has 0 bridgehead atoms. The summed E-state index contributed by atoms with van der Waals surface area (Å²) in [4.78, 5) is 55.5. The van der Waals surface area contributed by atoms with Gasteiger partial charge in [-0.25, -0.2) is 0 Å². The summed E-state index contributed by atoms with van der Waals surface area (Å²) < 4.78 is 0. The Kier molecular flexibility index (Phi) is 8.92. The molecule has 4 amide bonds. The van der Waals surface area contributed by atoms with E-state index in [0.29, 0.717) is 24.0 Å². The van der Waals surface area contributed by atoms with E-state index in [2.05, 4.69) is 5.32 Å². The van der Waals surface area contributed by atoms with Crippen LogP contribution >= 0.6 is 0 Å². The molecular formula is C32H35N3O4. The number of hydrogen-bond acceptors (Lipinski definition) is 4. The van der Waals surface area contributed by atoms with Gasteiger partial charge in [0.1, 0.15) is 6.04 Å². The lowest BCUT2D eigenvalue weighted by atomic mass is 10.0. The number of carbonyl (C=O) groups excluding carboxylic acids is 4. The zero-order chi connectivity index (χ0) is 27.9. The molecule has 202 valence electrons. The van der Waals surface area contributed by atoms with Crippen molar-refractivity contribution in [2.24, 2.45) is 0 Å². The van der Waals surface area contributed by atoms with E-state index in [1.165, 1.54) is 4.90 Å². The van der Waals surface area contributed by atoms with Crippen molar-refractivity contribution in [3.8, 4) is 0 Å². The quantitative estimate of drug-likeness (QED) is 0.373. The van der Waals surface area contributed by atoms with Gasteiger partial charge in [-0.2, -0.15) is 0 Å². The molecule has 0 saturated carbocycles. The van der Waals surface area contributed by atoms with Crippen molar-refractivity contribution in [3.05, 3.63) is 107 Å². The molecule has 0 unspecified atom stereocenters. The average molecular weight is 526 g/mol. The number of benzene rings is 3. The van der Waals surface area contributed by atoms with Gasteiger partial charge in [0.25, 0.3) is 11.8 Å². The molecule has 0 spiro atoms. The molecule has 7 heteroatoms. The van der Waals surface area contributed by atoms with Crippen LogP contribution in [0.5, 0.6) is 0 Å². The Morgan fingerprint density at radius 3 is 2.00 bits per heavy atom. The fraction of sp³-hybridized carbons (Fsp3) is 0.312. The maximum atomic E-state index is 13.7. The first-order valence-corrected chi connectivity index (χ1v) is 13.4. The first-order chi connectivity index (χ1) is 18.7. The lowest BCUT2D eigenvalue weighted by Gasteiger charge is -2.32. The van der Waals surface area contributed by atoms with E-state index in [-0.39, 0.29) is 49.2 Å². The van der Waals surface area contributed by atoms with Crippen LogP contribution in [0.15, 0.2) is 78.9 Å². The maximum absolute atomic E-state index is 13.7. The van der Waals surface area contributed by atoms with Gasteiger partial charge in [0.2, 0.25) is 11.8 Å². The predicted octanol–water partition coefficient (Wildman–Crippen LogP) is 4.54. The lowest BCUT2D eigenvalue weighted by molar-refractivity contribution is -0.141. The minimum atomic E-state index is -0.720. The number of nitrogens with zero attached hydrogens (tertiary/aromatic N) is 2. The summed E-state index contributed by atoms with van der Waals surface area (Å²) in [5, 5.41) is 2.99. The molecule has 1 atom stereocenters. The molecule has 1 aliphatic heterocycles. The molecule has 1 aliphatic rings. The second kappa shape index (κ2) is 12.5. The molecule has 3 aromatic rings. The third-order valence-electron chi connectivity index (χ3n) is 6.83. The Morgan fingerprint density at radius 2 is 1.41 bits per heavy atom. The molecular weight excluding hydrogens is 490 g/mol. The number of carbonyl (C=O) groups is 4. The molecule has 7 nitrogen and oxygen atoms in total. The van der Waals surface area contributed by atoms with Crippen LogP contribution in [0.25, 0.3) is 0 Å². The number of aryl methyl sites for hydroxylation is 1. The van der Waals surface area contributed by atoms with E-state index in [0.717, 1.165) is 16.7 Å². The minimum Gasteiger partial charge on any atom is -0.352 e. The van der Waals surface area contributed by atoms with Crippen molar-refractivity contribution in [1.29, 1.82) is 0 Å².